The van der Waals surface area contributed by atoms with E-state index in [9.17, 15) is 4.79 Å². The summed E-state index contributed by atoms with van der Waals surface area (Å²) in [5.74, 6) is 0.970. The number of nitrogens with zero attached hydrogens (tertiary/aromatic N) is 1. The Morgan fingerprint density at radius 3 is 3.00 bits per heavy atom. The molecule has 0 saturated heterocycles. The fraction of sp³-hybridized carbons (Fsp3) is 0.385. The molecular formula is C13H19IN4O2. The summed E-state index contributed by atoms with van der Waals surface area (Å²) in [6.45, 7) is 0.719. The number of halogens is 1. The molecule has 0 spiro atoms. The molecule has 0 bridgehead atoms. The number of para-hydroxylation sites is 1. The van der Waals surface area contributed by atoms with Gasteiger partial charge in [0.2, 0.25) is 5.91 Å². The molecule has 7 heteroatoms. The fourth-order valence-electron chi connectivity index (χ4n) is 1.99. The Morgan fingerprint density at radius 2 is 2.25 bits per heavy atom. The van der Waals surface area contributed by atoms with Gasteiger partial charge >= 0.3 is 0 Å². The van der Waals surface area contributed by atoms with Crippen molar-refractivity contribution in [3.8, 4) is 5.75 Å². The molecular weight excluding hydrogens is 371 g/mol. The van der Waals surface area contributed by atoms with Crippen LogP contribution in [0.1, 0.15) is 18.0 Å². The Kier molecular flexibility index (Phi) is 6.56. The molecule has 2 rings (SSSR count). The second kappa shape index (κ2) is 7.93. The summed E-state index contributed by atoms with van der Waals surface area (Å²) >= 11 is 0. The fourth-order valence-corrected chi connectivity index (χ4v) is 1.99. The highest BCUT2D eigenvalue weighted by molar-refractivity contribution is 14.0. The third-order valence-electron chi connectivity index (χ3n) is 2.96. The van der Waals surface area contributed by atoms with Gasteiger partial charge in [-0.2, -0.15) is 0 Å². The molecule has 6 nitrogen and oxygen atoms in total. The molecule has 20 heavy (non-hydrogen) atoms. The number of aliphatic imine (C=N–C) groups is 1. The average Bonchev–Trinajstić information content (AvgIpc) is 2.45. The monoisotopic (exact) mass is 390 g/mol. The van der Waals surface area contributed by atoms with Crippen molar-refractivity contribution < 1.29 is 9.53 Å². The van der Waals surface area contributed by atoms with Crippen molar-refractivity contribution in [1.29, 1.82) is 0 Å². The number of fused-ring (bicyclic) bond motifs is 1. The number of nitrogens with two attached hydrogens (primary N) is 1. The number of ether oxygens (including phenoxy) is 1. The summed E-state index contributed by atoms with van der Waals surface area (Å²) in [6.07, 6.45) is 0.764. The quantitative estimate of drug-likeness (QED) is 0.404. The van der Waals surface area contributed by atoms with Gasteiger partial charge in [-0.3, -0.25) is 9.79 Å². The normalized spacial score (nSPS) is 17.2. The molecule has 0 aliphatic carbocycles. The second-order valence-corrected chi connectivity index (χ2v) is 4.26. The van der Waals surface area contributed by atoms with Crippen molar-refractivity contribution >= 4 is 35.8 Å². The molecule has 0 saturated carbocycles. The molecule has 0 aromatic heterocycles. The lowest BCUT2D eigenvalue weighted by molar-refractivity contribution is -0.120. The summed E-state index contributed by atoms with van der Waals surface area (Å²) < 4.78 is 5.54. The summed E-state index contributed by atoms with van der Waals surface area (Å²) in [5, 5.41) is 5.69. The second-order valence-electron chi connectivity index (χ2n) is 4.26. The predicted molar refractivity (Wildman–Crippen MR) is 88.4 cm³/mol. The minimum atomic E-state index is -0.117. The van der Waals surface area contributed by atoms with Gasteiger partial charge in [0.25, 0.3) is 0 Å². The van der Waals surface area contributed by atoms with E-state index in [2.05, 4.69) is 15.6 Å². The number of hydrogen-bond acceptors (Lipinski definition) is 3. The Labute approximate surface area is 135 Å². The third kappa shape index (κ3) is 4.26. The van der Waals surface area contributed by atoms with Gasteiger partial charge in [-0.15, -0.1) is 24.0 Å². The molecule has 1 atom stereocenters. The lowest BCUT2D eigenvalue weighted by Gasteiger charge is -2.26. The molecule has 0 fully saturated rings. The van der Waals surface area contributed by atoms with Crippen LogP contribution < -0.4 is 21.1 Å². The van der Waals surface area contributed by atoms with E-state index in [-0.39, 0.29) is 48.4 Å². The average molecular weight is 390 g/mol. The van der Waals surface area contributed by atoms with Gasteiger partial charge in [0, 0.05) is 19.0 Å². The predicted octanol–water partition coefficient (Wildman–Crippen LogP) is 0.779. The minimum absolute atomic E-state index is 0. The van der Waals surface area contributed by atoms with E-state index in [1.165, 1.54) is 0 Å². The van der Waals surface area contributed by atoms with E-state index < -0.39 is 0 Å². The maximum atomic E-state index is 11.8. The summed E-state index contributed by atoms with van der Waals surface area (Å²) in [5.41, 5.74) is 6.48. The minimum Gasteiger partial charge on any atom is -0.493 e. The molecule has 1 aliphatic heterocycles. The Hall–Kier alpha value is -1.51. The first-order chi connectivity index (χ1) is 9.20. The first-order valence-electron chi connectivity index (χ1n) is 6.18. The number of carbonyl (C=O) groups is 1. The molecule has 1 amide bonds. The van der Waals surface area contributed by atoms with Crippen molar-refractivity contribution in [2.24, 2.45) is 10.7 Å². The van der Waals surface area contributed by atoms with Crippen LogP contribution in [0.3, 0.4) is 0 Å². The van der Waals surface area contributed by atoms with Crippen molar-refractivity contribution in [1.82, 2.24) is 10.6 Å². The zero-order valence-electron chi connectivity index (χ0n) is 11.3. The van der Waals surface area contributed by atoms with Crippen molar-refractivity contribution in [3.63, 3.8) is 0 Å². The first-order valence-corrected chi connectivity index (χ1v) is 6.18. The largest absolute Gasteiger partial charge is 0.493 e. The maximum Gasteiger partial charge on any atom is 0.239 e. The van der Waals surface area contributed by atoms with Crippen molar-refractivity contribution in [2.75, 3.05) is 20.2 Å². The van der Waals surface area contributed by atoms with Crippen molar-refractivity contribution in [3.05, 3.63) is 29.8 Å². The smallest absolute Gasteiger partial charge is 0.239 e. The number of rotatable bonds is 3. The van der Waals surface area contributed by atoms with Gasteiger partial charge in [-0.25, -0.2) is 0 Å². The Morgan fingerprint density at radius 1 is 1.50 bits per heavy atom. The Bertz CT molecular complexity index is 493. The highest BCUT2D eigenvalue weighted by Gasteiger charge is 2.22. The highest BCUT2D eigenvalue weighted by Crippen LogP contribution is 2.31. The lowest BCUT2D eigenvalue weighted by atomic mass is 10.0. The van der Waals surface area contributed by atoms with E-state index in [0.29, 0.717) is 6.61 Å². The van der Waals surface area contributed by atoms with Crippen LogP contribution in [0.25, 0.3) is 0 Å². The molecule has 0 radical (unpaired) electrons. The van der Waals surface area contributed by atoms with Crippen LogP contribution in [0.4, 0.5) is 0 Å². The summed E-state index contributed by atoms with van der Waals surface area (Å²) in [7, 11) is 1.56. The summed E-state index contributed by atoms with van der Waals surface area (Å²) in [6, 6.07) is 7.72. The van der Waals surface area contributed by atoms with Crippen LogP contribution in [0.15, 0.2) is 29.3 Å². The Balaban J connectivity index is 0.00000200. The topological polar surface area (TPSA) is 88.7 Å². The number of carbonyl (C=O) groups excluding carboxylic acids is 1. The summed E-state index contributed by atoms with van der Waals surface area (Å²) in [4.78, 5) is 15.5. The zero-order valence-corrected chi connectivity index (χ0v) is 13.6. The first kappa shape index (κ1) is 16.5. The number of amides is 1. The third-order valence-corrected chi connectivity index (χ3v) is 2.96. The van der Waals surface area contributed by atoms with Gasteiger partial charge in [-0.1, -0.05) is 18.2 Å². The molecule has 1 unspecified atom stereocenters. The van der Waals surface area contributed by atoms with E-state index >= 15 is 0 Å². The van der Waals surface area contributed by atoms with Crippen LogP contribution in [-0.2, 0) is 4.79 Å². The maximum absolute atomic E-state index is 11.8. The van der Waals surface area contributed by atoms with Crippen LogP contribution in [0.5, 0.6) is 5.75 Å². The standard InChI is InChI=1S/C13H18N4O2.HI/c1-15-13(14)16-8-12(18)17-10-6-7-19-11-5-3-2-4-9(10)11;/h2-5,10H,6-8H2,1H3,(H,17,18)(H3,14,15,16);1H. The van der Waals surface area contributed by atoms with E-state index in [4.69, 9.17) is 10.5 Å². The molecule has 1 heterocycles. The zero-order chi connectivity index (χ0) is 13.7. The molecule has 4 N–H and O–H groups in total. The number of nitrogens with one attached hydrogen (secondary N) is 2. The van der Waals surface area contributed by atoms with Crippen LogP contribution in [-0.4, -0.2) is 32.1 Å². The van der Waals surface area contributed by atoms with Crippen LogP contribution in [0.2, 0.25) is 0 Å². The van der Waals surface area contributed by atoms with Crippen molar-refractivity contribution in [2.45, 2.75) is 12.5 Å². The van der Waals surface area contributed by atoms with Gasteiger partial charge in [0.15, 0.2) is 5.96 Å². The van der Waals surface area contributed by atoms with Gasteiger partial charge in [0.05, 0.1) is 19.2 Å². The number of benzene rings is 1. The van der Waals surface area contributed by atoms with Gasteiger partial charge in [-0.05, 0) is 6.07 Å². The SMILES string of the molecule is CN=C(N)NCC(=O)NC1CCOc2ccccc21.I. The number of hydrogen-bond donors (Lipinski definition) is 3. The van der Waals surface area contributed by atoms with E-state index in [0.717, 1.165) is 17.7 Å². The molecule has 1 aliphatic rings. The molecule has 110 valence electrons. The number of guanidine groups is 1. The molecule has 1 aromatic carbocycles. The van der Waals surface area contributed by atoms with Crippen LogP contribution in [0, 0.1) is 0 Å². The van der Waals surface area contributed by atoms with E-state index in [1.807, 2.05) is 24.3 Å². The molecule has 1 aromatic rings. The van der Waals surface area contributed by atoms with Gasteiger partial charge in [0.1, 0.15) is 5.75 Å². The van der Waals surface area contributed by atoms with E-state index in [1.54, 1.807) is 7.05 Å². The van der Waals surface area contributed by atoms with Gasteiger partial charge < -0.3 is 21.1 Å². The lowest BCUT2D eigenvalue weighted by Crippen LogP contribution is -2.42. The highest BCUT2D eigenvalue weighted by atomic mass is 127. The van der Waals surface area contributed by atoms with Crippen LogP contribution >= 0.6 is 24.0 Å².